The number of benzene rings is 1. The van der Waals surface area contributed by atoms with Gasteiger partial charge in [0.2, 0.25) is 0 Å². The van der Waals surface area contributed by atoms with E-state index in [1.165, 1.54) is 6.33 Å². The summed E-state index contributed by atoms with van der Waals surface area (Å²) >= 11 is 6.14. The molecule has 0 saturated carbocycles. The fraction of sp³-hybridized carbons (Fsp3) is 0.231. The maximum absolute atomic E-state index is 6.14. The summed E-state index contributed by atoms with van der Waals surface area (Å²) in [5, 5.41) is 3.71. The third-order valence-corrected chi connectivity index (χ3v) is 2.83. The van der Waals surface area contributed by atoms with Crippen molar-refractivity contribution >= 4 is 17.3 Å². The van der Waals surface area contributed by atoms with Crippen LogP contribution in [-0.2, 0) is 6.54 Å². The third kappa shape index (κ3) is 3.26. The normalized spacial score (nSPS) is 10.1. The van der Waals surface area contributed by atoms with E-state index >= 15 is 0 Å². The van der Waals surface area contributed by atoms with Gasteiger partial charge in [0.25, 0.3) is 0 Å². The van der Waals surface area contributed by atoms with Gasteiger partial charge in [-0.05, 0) is 17.7 Å². The average molecular weight is 280 g/mol. The van der Waals surface area contributed by atoms with E-state index in [0.29, 0.717) is 23.1 Å². The summed E-state index contributed by atoms with van der Waals surface area (Å²) in [5.74, 6) is 1.15. The third-order valence-electron chi connectivity index (χ3n) is 2.55. The van der Waals surface area contributed by atoms with E-state index in [1.54, 1.807) is 26.6 Å². The molecule has 1 N–H and O–H groups in total. The maximum atomic E-state index is 6.14. The molecule has 1 aromatic carbocycles. The predicted octanol–water partition coefficient (Wildman–Crippen LogP) is 2.76. The van der Waals surface area contributed by atoms with Crippen LogP contribution in [0.25, 0.3) is 0 Å². The minimum Gasteiger partial charge on any atom is -0.493 e. The second-order valence-corrected chi connectivity index (χ2v) is 4.20. The van der Waals surface area contributed by atoms with Crippen molar-refractivity contribution in [3.8, 4) is 11.5 Å². The second kappa shape index (κ2) is 6.24. The van der Waals surface area contributed by atoms with Gasteiger partial charge in [-0.1, -0.05) is 11.6 Å². The molecular weight excluding hydrogens is 266 g/mol. The number of halogens is 1. The van der Waals surface area contributed by atoms with Crippen molar-refractivity contribution in [3.63, 3.8) is 0 Å². The lowest BCUT2D eigenvalue weighted by Gasteiger charge is -2.12. The highest BCUT2D eigenvalue weighted by molar-refractivity contribution is 6.32. The highest BCUT2D eigenvalue weighted by atomic mass is 35.5. The van der Waals surface area contributed by atoms with Crippen molar-refractivity contribution < 1.29 is 9.47 Å². The van der Waals surface area contributed by atoms with Crippen molar-refractivity contribution in [2.24, 2.45) is 0 Å². The molecule has 19 heavy (non-hydrogen) atoms. The minimum absolute atomic E-state index is 0.517. The number of ether oxygens (including phenoxy) is 2. The Morgan fingerprint density at radius 3 is 2.53 bits per heavy atom. The zero-order valence-electron chi connectivity index (χ0n) is 10.7. The Labute approximate surface area is 116 Å². The van der Waals surface area contributed by atoms with Crippen LogP contribution in [0.2, 0.25) is 5.02 Å². The van der Waals surface area contributed by atoms with Crippen LogP contribution >= 0.6 is 11.6 Å². The summed E-state index contributed by atoms with van der Waals surface area (Å²) in [4.78, 5) is 7.86. The highest BCUT2D eigenvalue weighted by Gasteiger charge is 2.10. The molecule has 0 atom stereocenters. The smallest absolute Gasteiger partial charge is 0.179 e. The topological polar surface area (TPSA) is 56.3 Å². The first-order chi connectivity index (χ1) is 9.24. The molecule has 0 amide bonds. The van der Waals surface area contributed by atoms with Crippen molar-refractivity contribution in [1.29, 1.82) is 0 Å². The zero-order chi connectivity index (χ0) is 13.7. The van der Waals surface area contributed by atoms with Crippen molar-refractivity contribution in [1.82, 2.24) is 9.97 Å². The van der Waals surface area contributed by atoms with Gasteiger partial charge in [-0.15, -0.1) is 0 Å². The number of methoxy groups -OCH3 is 2. The van der Waals surface area contributed by atoms with E-state index in [0.717, 1.165) is 11.3 Å². The average Bonchev–Trinajstić information content (AvgIpc) is 2.45. The van der Waals surface area contributed by atoms with Gasteiger partial charge in [0.15, 0.2) is 11.5 Å². The summed E-state index contributed by atoms with van der Waals surface area (Å²) in [7, 11) is 3.14. The van der Waals surface area contributed by atoms with Crippen LogP contribution in [0.4, 0.5) is 5.69 Å². The number of hydrogen-bond acceptors (Lipinski definition) is 5. The van der Waals surface area contributed by atoms with E-state index in [9.17, 15) is 0 Å². The Balaban J connectivity index is 2.15. The second-order valence-electron chi connectivity index (χ2n) is 3.79. The Morgan fingerprint density at radius 1 is 1.16 bits per heavy atom. The molecule has 0 radical (unpaired) electrons. The van der Waals surface area contributed by atoms with E-state index in [4.69, 9.17) is 21.1 Å². The van der Waals surface area contributed by atoms with E-state index in [-0.39, 0.29) is 0 Å². The van der Waals surface area contributed by atoms with Gasteiger partial charge in [0.05, 0.1) is 37.3 Å². The van der Waals surface area contributed by atoms with Gasteiger partial charge in [0, 0.05) is 6.54 Å². The quantitative estimate of drug-likeness (QED) is 0.912. The summed E-state index contributed by atoms with van der Waals surface area (Å²) in [6.45, 7) is 0.591. The van der Waals surface area contributed by atoms with Gasteiger partial charge in [-0.2, -0.15) is 0 Å². The number of nitrogens with zero attached hydrogens (tertiary/aromatic N) is 2. The fourth-order valence-corrected chi connectivity index (χ4v) is 1.98. The minimum atomic E-state index is 0.517. The van der Waals surface area contributed by atoms with Gasteiger partial charge < -0.3 is 14.8 Å². The summed E-state index contributed by atoms with van der Waals surface area (Å²) in [6.07, 6.45) is 4.89. The molecule has 0 unspecified atom stereocenters. The number of hydrogen-bond donors (Lipinski definition) is 1. The van der Waals surface area contributed by atoms with E-state index in [2.05, 4.69) is 15.3 Å². The molecular formula is C13H14ClN3O2. The molecule has 0 aliphatic rings. The monoisotopic (exact) mass is 279 g/mol. The van der Waals surface area contributed by atoms with E-state index in [1.807, 2.05) is 12.1 Å². The molecule has 5 nitrogen and oxygen atoms in total. The summed E-state index contributed by atoms with van der Waals surface area (Å²) < 4.78 is 10.4. The molecule has 0 aliphatic heterocycles. The van der Waals surface area contributed by atoms with Gasteiger partial charge >= 0.3 is 0 Å². The lowest BCUT2D eigenvalue weighted by molar-refractivity contribution is 0.355. The van der Waals surface area contributed by atoms with Crippen LogP contribution in [0, 0.1) is 0 Å². The first-order valence-electron chi connectivity index (χ1n) is 5.64. The van der Waals surface area contributed by atoms with Crippen LogP contribution in [0.5, 0.6) is 11.5 Å². The fourth-order valence-electron chi connectivity index (χ4n) is 1.67. The van der Waals surface area contributed by atoms with Crippen LogP contribution in [0.3, 0.4) is 0 Å². The van der Waals surface area contributed by atoms with Crippen LogP contribution in [0.1, 0.15) is 5.56 Å². The molecule has 6 heteroatoms. The Kier molecular flexibility index (Phi) is 4.41. The number of anilines is 1. The highest BCUT2D eigenvalue weighted by Crippen LogP contribution is 2.36. The molecule has 0 aliphatic carbocycles. The van der Waals surface area contributed by atoms with Crippen LogP contribution in [0.15, 0.2) is 30.9 Å². The van der Waals surface area contributed by atoms with Crippen LogP contribution in [-0.4, -0.2) is 24.2 Å². The van der Waals surface area contributed by atoms with Crippen molar-refractivity contribution in [3.05, 3.63) is 41.4 Å². The number of rotatable bonds is 5. The number of nitrogens with one attached hydrogen (secondary N) is 1. The summed E-state index contributed by atoms with van der Waals surface area (Å²) in [5.41, 5.74) is 1.82. The standard InChI is InChI=1S/C13H14ClN3O2/c1-18-12-4-9(3-11(14)13(12)19-2)5-17-10-6-15-8-16-7-10/h3-4,6-8,17H,5H2,1-2H3. The lowest BCUT2D eigenvalue weighted by atomic mass is 10.2. The predicted molar refractivity (Wildman–Crippen MR) is 73.9 cm³/mol. The zero-order valence-corrected chi connectivity index (χ0v) is 11.4. The van der Waals surface area contributed by atoms with Crippen LogP contribution < -0.4 is 14.8 Å². The van der Waals surface area contributed by atoms with Gasteiger partial charge in [-0.25, -0.2) is 9.97 Å². The maximum Gasteiger partial charge on any atom is 0.179 e. The first kappa shape index (κ1) is 13.4. The molecule has 2 aromatic rings. The van der Waals surface area contributed by atoms with E-state index < -0.39 is 0 Å². The molecule has 0 bridgehead atoms. The van der Waals surface area contributed by atoms with Crippen molar-refractivity contribution in [2.45, 2.75) is 6.54 Å². The largest absolute Gasteiger partial charge is 0.493 e. The molecule has 0 saturated heterocycles. The molecule has 1 heterocycles. The molecule has 100 valence electrons. The Bertz CT molecular complexity index is 549. The summed E-state index contributed by atoms with van der Waals surface area (Å²) in [6, 6.07) is 3.71. The Hall–Kier alpha value is -2.01. The number of aromatic nitrogens is 2. The molecule has 2 rings (SSSR count). The Morgan fingerprint density at radius 2 is 1.89 bits per heavy atom. The molecule has 0 fully saturated rings. The SMILES string of the molecule is COc1cc(CNc2cncnc2)cc(Cl)c1OC. The first-order valence-corrected chi connectivity index (χ1v) is 6.01. The lowest BCUT2D eigenvalue weighted by Crippen LogP contribution is -2.01. The van der Waals surface area contributed by atoms with Crippen molar-refractivity contribution in [2.75, 3.05) is 19.5 Å². The molecule has 0 spiro atoms. The molecule has 1 aromatic heterocycles. The van der Waals surface area contributed by atoms with Gasteiger partial charge in [-0.3, -0.25) is 0 Å². The van der Waals surface area contributed by atoms with Gasteiger partial charge in [0.1, 0.15) is 6.33 Å².